The lowest BCUT2D eigenvalue weighted by Crippen LogP contribution is -2.28. The molecule has 0 aromatic heterocycles. The molecule has 0 radical (unpaired) electrons. The molecule has 4 nitrogen and oxygen atoms in total. The molecule has 2 N–H and O–H groups in total. The lowest BCUT2D eigenvalue weighted by atomic mass is 9.68. The van der Waals surface area contributed by atoms with Gasteiger partial charge < -0.3 is 19.7 Å². The Morgan fingerprint density at radius 3 is 1.32 bits per heavy atom. The highest BCUT2D eigenvalue weighted by Crippen LogP contribution is 2.56. The number of hydrogen-bond donors (Lipinski definition) is 2. The van der Waals surface area contributed by atoms with Crippen molar-refractivity contribution in [2.45, 2.75) is 17.6 Å². The van der Waals surface area contributed by atoms with Gasteiger partial charge in [0.1, 0.15) is 36.9 Å². The van der Waals surface area contributed by atoms with Gasteiger partial charge >= 0.3 is 0 Å². The number of aliphatic hydroxyl groups is 2. The maximum atomic E-state index is 9.77. The van der Waals surface area contributed by atoms with Gasteiger partial charge in [-0.3, -0.25) is 0 Å². The summed E-state index contributed by atoms with van der Waals surface area (Å²) in [5, 5.41) is 19.5. The Hall–Kier alpha value is -3.02. The van der Waals surface area contributed by atoms with Gasteiger partial charge in [-0.2, -0.15) is 0 Å². The third kappa shape index (κ3) is 4.83. The Kier molecular flexibility index (Phi) is 7.73. The first-order valence-corrected chi connectivity index (χ1v) is 13.3. The Bertz CT molecular complexity index is 1230. The minimum atomic E-state index is -0.715. The molecule has 1 aliphatic rings. The zero-order valence-corrected chi connectivity index (χ0v) is 21.7. The molecule has 2 unspecified atom stereocenters. The van der Waals surface area contributed by atoms with Crippen molar-refractivity contribution >= 4 is 23.2 Å². The SMILES string of the molecule is OC(CCl)COc1ccc(C2(c3ccc(OCC(O)CCl)cc3)c3ccccc3-c3ccccc32)cc1. The highest BCUT2D eigenvalue weighted by atomic mass is 35.5. The second-order valence-corrected chi connectivity index (χ2v) is 9.75. The third-order valence-corrected chi connectivity index (χ3v) is 7.48. The molecule has 37 heavy (non-hydrogen) atoms. The maximum absolute atomic E-state index is 9.77. The number of rotatable bonds is 10. The fraction of sp³-hybridized carbons (Fsp3) is 0.226. The summed E-state index contributed by atoms with van der Waals surface area (Å²) in [5.74, 6) is 1.59. The van der Waals surface area contributed by atoms with Crippen LogP contribution >= 0.6 is 23.2 Å². The van der Waals surface area contributed by atoms with E-state index < -0.39 is 17.6 Å². The molecular weight excluding hydrogens is 507 g/mol. The summed E-state index contributed by atoms with van der Waals surface area (Å²) in [7, 11) is 0. The molecule has 0 bridgehead atoms. The van der Waals surface area contributed by atoms with Crippen LogP contribution < -0.4 is 9.47 Å². The van der Waals surface area contributed by atoms with Gasteiger partial charge in [-0.15, -0.1) is 23.2 Å². The van der Waals surface area contributed by atoms with Gasteiger partial charge in [-0.25, -0.2) is 0 Å². The smallest absolute Gasteiger partial charge is 0.119 e. The van der Waals surface area contributed by atoms with Gasteiger partial charge in [0, 0.05) is 0 Å². The van der Waals surface area contributed by atoms with Gasteiger partial charge in [0.05, 0.1) is 17.2 Å². The minimum absolute atomic E-state index is 0.124. The van der Waals surface area contributed by atoms with Crippen molar-refractivity contribution in [1.29, 1.82) is 0 Å². The van der Waals surface area contributed by atoms with Crippen molar-refractivity contribution in [3.63, 3.8) is 0 Å². The summed E-state index contributed by atoms with van der Waals surface area (Å²) in [5.41, 5.74) is 6.46. The summed E-state index contributed by atoms with van der Waals surface area (Å²) >= 11 is 11.4. The van der Waals surface area contributed by atoms with Crippen molar-refractivity contribution in [3.05, 3.63) is 119 Å². The van der Waals surface area contributed by atoms with Crippen LogP contribution in [0.4, 0.5) is 0 Å². The number of halogens is 2. The van der Waals surface area contributed by atoms with Gasteiger partial charge in [-0.05, 0) is 57.6 Å². The van der Waals surface area contributed by atoms with E-state index in [2.05, 4.69) is 72.8 Å². The molecule has 6 heteroatoms. The molecule has 0 saturated heterocycles. The second kappa shape index (κ2) is 11.2. The molecule has 0 spiro atoms. The average molecular weight is 535 g/mol. The van der Waals surface area contributed by atoms with Crippen LogP contribution in [-0.4, -0.2) is 47.4 Å². The van der Waals surface area contributed by atoms with Gasteiger partial charge in [-0.1, -0.05) is 72.8 Å². The fourth-order valence-corrected chi connectivity index (χ4v) is 5.28. The molecule has 0 amide bonds. The van der Waals surface area contributed by atoms with E-state index in [1.54, 1.807) is 0 Å². The van der Waals surface area contributed by atoms with E-state index in [4.69, 9.17) is 32.7 Å². The summed E-state index contributed by atoms with van der Waals surface area (Å²) in [4.78, 5) is 0. The number of hydrogen-bond acceptors (Lipinski definition) is 4. The third-order valence-electron chi connectivity index (χ3n) is 6.77. The van der Waals surface area contributed by atoms with E-state index >= 15 is 0 Å². The van der Waals surface area contributed by atoms with Crippen LogP contribution in [0, 0.1) is 0 Å². The Labute approximate surface area is 227 Å². The van der Waals surface area contributed by atoms with Gasteiger partial charge in [0.2, 0.25) is 0 Å². The predicted molar refractivity (Wildman–Crippen MR) is 148 cm³/mol. The van der Waals surface area contributed by atoms with Crippen LogP contribution in [0.15, 0.2) is 97.1 Å². The molecule has 0 aliphatic heterocycles. The van der Waals surface area contributed by atoms with E-state index in [0.29, 0.717) is 11.5 Å². The summed E-state index contributed by atoms with van der Waals surface area (Å²) in [6, 6.07) is 33.1. The topological polar surface area (TPSA) is 58.9 Å². The normalized spacial score (nSPS) is 14.9. The molecule has 1 aliphatic carbocycles. The minimum Gasteiger partial charge on any atom is -0.491 e. The molecule has 190 valence electrons. The van der Waals surface area contributed by atoms with Gasteiger partial charge in [0.25, 0.3) is 0 Å². The van der Waals surface area contributed by atoms with E-state index in [1.165, 1.54) is 22.3 Å². The Balaban J connectivity index is 1.61. The summed E-state index contributed by atoms with van der Waals surface area (Å²) in [6.07, 6.45) is -1.43. The Morgan fingerprint density at radius 1 is 0.568 bits per heavy atom. The zero-order chi connectivity index (χ0) is 25.8. The first kappa shape index (κ1) is 25.6. The number of alkyl halides is 2. The van der Waals surface area contributed by atoms with Crippen LogP contribution in [0.3, 0.4) is 0 Å². The van der Waals surface area contributed by atoms with Crippen LogP contribution in [0.25, 0.3) is 11.1 Å². The summed E-state index contributed by atoms with van der Waals surface area (Å²) < 4.78 is 11.5. The molecule has 4 aromatic rings. The lowest BCUT2D eigenvalue weighted by molar-refractivity contribution is 0.125. The van der Waals surface area contributed by atoms with Crippen LogP contribution in [0.1, 0.15) is 22.3 Å². The van der Waals surface area contributed by atoms with Gasteiger partial charge in [0.15, 0.2) is 0 Å². The molecule has 5 rings (SSSR count). The molecule has 4 aromatic carbocycles. The number of benzene rings is 4. The van der Waals surface area contributed by atoms with Crippen LogP contribution in [-0.2, 0) is 5.41 Å². The van der Waals surface area contributed by atoms with E-state index in [0.717, 1.165) is 11.1 Å². The van der Waals surface area contributed by atoms with Crippen LogP contribution in [0.2, 0.25) is 0 Å². The largest absolute Gasteiger partial charge is 0.491 e. The molecule has 2 atom stereocenters. The lowest BCUT2D eigenvalue weighted by Gasteiger charge is -2.34. The maximum Gasteiger partial charge on any atom is 0.119 e. The van der Waals surface area contributed by atoms with Crippen molar-refractivity contribution < 1.29 is 19.7 Å². The first-order chi connectivity index (χ1) is 18.1. The van der Waals surface area contributed by atoms with E-state index in [-0.39, 0.29) is 25.0 Å². The average Bonchev–Trinajstić information content (AvgIpc) is 3.26. The standard InChI is InChI=1S/C31H28Cl2O4/c32-17-23(34)19-36-25-13-9-21(10-14-25)31(22-11-15-26(16-12-22)37-20-24(35)18-33)29-7-3-1-5-27(29)28-6-2-4-8-30(28)31/h1-16,23-24,34-35H,17-20H2. The summed E-state index contributed by atoms with van der Waals surface area (Å²) in [6.45, 7) is 0.277. The first-order valence-electron chi connectivity index (χ1n) is 12.2. The predicted octanol–water partition coefficient (Wildman–Crippen LogP) is 6.01. The van der Waals surface area contributed by atoms with Crippen molar-refractivity contribution in [3.8, 4) is 22.6 Å². The fourth-order valence-electron chi connectivity index (χ4n) is 5.10. The quantitative estimate of drug-likeness (QED) is 0.215. The molecule has 0 saturated carbocycles. The van der Waals surface area contributed by atoms with Crippen molar-refractivity contribution in [1.82, 2.24) is 0 Å². The second-order valence-electron chi connectivity index (χ2n) is 9.13. The molecule has 0 fully saturated rings. The monoisotopic (exact) mass is 534 g/mol. The van der Waals surface area contributed by atoms with Crippen molar-refractivity contribution in [2.24, 2.45) is 0 Å². The highest BCUT2D eigenvalue weighted by Gasteiger charge is 2.45. The Morgan fingerprint density at radius 2 is 0.946 bits per heavy atom. The van der Waals surface area contributed by atoms with E-state index in [9.17, 15) is 10.2 Å². The molecular formula is C31H28Cl2O4. The number of ether oxygens (including phenoxy) is 2. The van der Waals surface area contributed by atoms with Crippen molar-refractivity contribution in [2.75, 3.05) is 25.0 Å². The zero-order valence-electron chi connectivity index (χ0n) is 20.2. The molecule has 0 heterocycles. The number of aliphatic hydroxyl groups excluding tert-OH is 2. The van der Waals surface area contributed by atoms with Crippen LogP contribution in [0.5, 0.6) is 11.5 Å². The highest BCUT2D eigenvalue weighted by molar-refractivity contribution is 6.18. The van der Waals surface area contributed by atoms with E-state index in [1.807, 2.05) is 24.3 Å². The number of fused-ring (bicyclic) bond motifs is 3.